The fourth-order valence-electron chi connectivity index (χ4n) is 5.99. The lowest BCUT2D eigenvalue weighted by Crippen LogP contribution is -2.66. The van der Waals surface area contributed by atoms with E-state index in [4.69, 9.17) is 47.6 Å². The van der Waals surface area contributed by atoms with Crippen molar-refractivity contribution in [2.75, 3.05) is 32.8 Å². The van der Waals surface area contributed by atoms with Crippen molar-refractivity contribution in [1.82, 2.24) is 5.32 Å². The predicted octanol–water partition coefficient (Wildman–Crippen LogP) is -5.54. The Bertz CT molecular complexity index is 777. The van der Waals surface area contributed by atoms with Crippen LogP contribution in [0.4, 0.5) is 0 Å². The number of ether oxygens (including phenoxy) is 4. The lowest BCUT2D eigenvalue weighted by Gasteiger charge is -2.48. The average molecular weight is 611 g/mol. The molecule has 3 fully saturated rings. The molecular weight excluding hydrogens is 556 g/mol. The van der Waals surface area contributed by atoms with Crippen molar-refractivity contribution in [2.45, 2.75) is 124 Å². The van der Waals surface area contributed by atoms with E-state index in [1.807, 2.05) is 0 Å². The van der Waals surface area contributed by atoms with E-state index in [0.29, 0.717) is 45.1 Å². The van der Waals surface area contributed by atoms with Gasteiger partial charge in [-0.2, -0.15) is 0 Å². The molecule has 0 aromatic carbocycles. The molecule has 0 aromatic heterocycles. The Balaban J connectivity index is 1.79. The van der Waals surface area contributed by atoms with E-state index in [-0.39, 0.29) is 31.8 Å². The molecule has 0 radical (unpaired) electrons. The molecule has 3 rings (SSSR count). The fraction of sp³-hybridized carbons (Fsp3) is 1.00. The number of hydrogen-bond donors (Lipinski definition) is 12. The monoisotopic (exact) mass is 610 g/mol. The summed E-state index contributed by atoms with van der Waals surface area (Å²) in [6.45, 7) is 0.379. The van der Waals surface area contributed by atoms with Crippen LogP contribution < -0.4 is 34.0 Å². The highest BCUT2D eigenvalue weighted by Crippen LogP contribution is 2.36. The van der Waals surface area contributed by atoms with Crippen LogP contribution in [-0.4, -0.2) is 149 Å². The third kappa shape index (κ3) is 9.20. The van der Waals surface area contributed by atoms with Gasteiger partial charge in [-0.05, 0) is 51.0 Å². The molecule has 42 heavy (non-hydrogen) atoms. The van der Waals surface area contributed by atoms with Gasteiger partial charge in [0.2, 0.25) is 0 Å². The summed E-state index contributed by atoms with van der Waals surface area (Å²) < 4.78 is 24.2. The van der Waals surface area contributed by atoms with Crippen molar-refractivity contribution in [3.8, 4) is 0 Å². The van der Waals surface area contributed by atoms with Gasteiger partial charge in [-0.15, -0.1) is 0 Å². The Morgan fingerprint density at radius 2 is 1.57 bits per heavy atom. The molecule has 1 aliphatic carbocycles. The molecule has 3 unspecified atom stereocenters. The summed E-state index contributed by atoms with van der Waals surface area (Å²) in [5, 5.41) is 65.8. The van der Waals surface area contributed by atoms with Gasteiger partial charge in [0, 0.05) is 25.7 Å². The Labute approximate surface area is 246 Å². The summed E-state index contributed by atoms with van der Waals surface area (Å²) in [5.41, 5.74) is 29.5. The molecule has 16 nitrogen and oxygen atoms in total. The Kier molecular flexibility index (Phi) is 14.6. The summed E-state index contributed by atoms with van der Waals surface area (Å²) in [5.74, 6) is -0.396. The maximum atomic E-state index is 11.6. The third-order valence-electron chi connectivity index (χ3n) is 8.63. The first-order valence-electron chi connectivity index (χ1n) is 15.0. The highest BCUT2D eigenvalue weighted by molar-refractivity contribution is 4.99. The molecule has 2 heterocycles. The first-order valence-corrected chi connectivity index (χ1v) is 15.0. The van der Waals surface area contributed by atoms with E-state index in [1.165, 1.54) is 0 Å². The van der Waals surface area contributed by atoms with Crippen LogP contribution in [0, 0.1) is 5.92 Å². The van der Waals surface area contributed by atoms with E-state index >= 15 is 0 Å². The zero-order valence-electron chi connectivity index (χ0n) is 24.1. The smallest absolute Gasteiger partial charge is 0.186 e. The molecular formula is C26H54N6O10. The number of aliphatic hydroxyl groups is 6. The summed E-state index contributed by atoms with van der Waals surface area (Å²) in [7, 11) is 0. The van der Waals surface area contributed by atoms with Gasteiger partial charge in [0.1, 0.15) is 30.5 Å². The SMILES string of the molecule is NCCC(O)CN[C@@H]1CC[C@@H](CN)O[C@@H]1OC1[C@@H](N)C[C@@H](CCC(O)CN)[C@H](O[C@H]2O[C@H](CO)[C@@H](O)[C@H](N)[C@H]2O)[C@H]1O. The van der Waals surface area contributed by atoms with E-state index in [1.54, 1.807) is 0 Å². The van der Waals surface area contributed by atoms with Gasteiger partial charge in [-0.1, -0.05) is 0 Å². The highest BCUT2D eigenvalue weighted by Gasteiger charge is 2.50. The Morgan fingerprint density at radius 1 is 0.857 bits per heavy atom. The molecule has 3 aliphatic rings. The van der Waals surface area contributed by atoms with Gasteiger partial charge in [0.05, 0.1) is 43.1 Å². The summed E-state index contributed by atoms with van der Waals surface area (Å²) in [4.78, 5) is 0. The lowest BCUT2D eigenvalue weighted by atomic mass is 9.77. The first-order chi connectivity index (χ1) is 20.0. The molecule has 0 aromatic rings. The van der Waals surface area contributed by atoms with E-state index in [2.05, 4.69) is 5.32 Å². The van der Waals surface area contributed by atoms with Gasteiger partial charge in [0.25, 0.3) is 0 Å². The molecule has 15 atom stereocenters. The van der Waals surface area contributed by atoms with Crippen LogP contribution in [0.25, 0.3) is 0 Å². The summed E-state index contributed by atoms with van der Waals surface area (Å²) >= 11 is 0. The van der Waals surface area contributed by atoms with Crippen LogP contribution in [-0.2, 0) is 18.9 Å². The van der Waals surface area contributed by atoms with Gasteiger partial charge >= 0.3 is 0 Å². The number of aliphatic hydroxyl groups excluding tert-OH is 6. The highest BCUT2D eigenvalue weighted by atomic mass is 16.7. The van der Waals surface area contributed by atoms with Crippen LogP contribution in [0.3, 0.4) is 0 Å². The maximum Gasteiger partial charge on any atom is 0.186 e. The summed E-state index contributed by atoms with van der Waals surface area (Å²) in [6, 6.07) is -2.15. The van der Waals surface area contributed by atoms with Crippen LogP contribution in [0.1, 0.15) is 38.5 Å². The van der Waals surface area contributed by atoms with Crippen molar-refractivity contribution in [3.05, 3.63) is 0 Å². The number of nitrogens with one attached hydrogen (secondary N) is 1. The van der Waals surface area contributed by atoms with Crippen molar-refractivity contribution in [2.24, 2.45) is 34.6 Å². The second-order valence-electron chi connectivity index (χ2n) is 11.8. The number of hydrogen-bond acceptors (Lipinski definition) is 16. The van der Waals surface area contributed by atoms with Crippen molar-refractivity contribution >= 4 is 0 Å². The van der Waals surface area contributed by atoms with Gasteiger partial charge < -0.3 is 83.6 Å². The first kappa shape index (κ1) is 35.8. The van der Waals surface area contributed by atoms with Gasteiger partial charge in [-0.3, -0.25) is 0 Å². The predicted molar refractivity (Wildman–Crippen MR) is 150 cm³/mol. The van der Waals surface area contributed by atoms with Crippen molar-refractivity contribution < 1.29 is 49.6 Å². The minimum Gasteiger partial charge on any atom is -0.394 e. The van der Waals surface area contributed by atoms with Crippen LogP contribution in [0.15, 0.2) is 0 Å². The minimum absolute atomic E-state index is 0.0592. The van der Waals surface area contributed by atoms with E-state index < -0.39 is 86.0 Å². The number of nitrogens with two attached hydrogens (primary N) is 5. The maximum absolute atomic E-state index is 11.6. The largest absolute Gasteiger partial charge is 0.394 e. The second-order valence-corrected chi connectivity index (χ2v) is 11.8. The molecule has 0 bridgehead atoms. The molecule has 0 spiro atoms. The molecule has 17 N–H and O–H groups in total. The normalized spacial score (nSPS) is 42.8. The van der Waals surface area contributed by atoms with Gasteiger partial charge in [0.15, 0.2) is 12.6 Å². The fourth-order valence-corrected chi connectivity index (χ4v) is 5.99. The molecule has 2 aliphatic heterocycles. The lowest BCUT2D eigenvalue weighted by molar-refractivity contribution is -0.318. The van der Waals surface area contributed by atoms with Crippen LogP contribution in [0.2, 0.25) is 0 Å². The van der Waals surface area contributed by atoms with Gasteiger partial charge in [-0.25, -0.2) is 0 Å². The molecule has 2 saturated heterocycles. The van der Waals surface area contributed by atoms with E-state index in [9.17, 15) is 30.6 Å². The summed E-state index contributed by atoms with van der Waals surface area (Å²) in [6.07, 6.45) is -8.32. The molecule has 1 saturated carbocycles. The molecule has 248 valence electrons. The third-order valence-corrected chi connectivity index (χ3v) is 8.63. The number of rotatable bonds is 15. The Morgan fingerprint density at radius 3 is 2.21 bits per heavy atom. The Hall–Kier alpha value is -0.640. The minimum atomic E-state index is -1.46. The van der Waals surface area contributed by atoms with Crippen molar-refractivity contribution in [1.29, 1.82) is 0 Å². The van der Waals surface area contributed by atoms with Crippen molar-refractivity contribution in [3.63, 3.8) is 0 Å². The molecule has 16 heteroatoms. The van der Waals surface area contributed by atoms with E-state index in [0.717, 1.165) is 0 Å². The zero-order chi connectivity index (χ0) is 31.0. The zero-order valence-corrected chi connectivity index (χ0v) is 24.1. The topological polar surface area (TPSA) is 300 Å². The quantitative estimate of drug-likeness (QED) is 0.0822. The van der Waals surface area contributed by atoms with Crippen LogP contribution in [0.5, 0.6) is 0 Å². The second kappa shape index (κ2) is 17.2. The standard InChI is InChI=1S/C26H54N6O10/c27-6-5-14(35)10-32-17-4-3-15(9-29)39-25(17)42-24-16(30)7-12(1-2-13(34)8-28)23(22(24)38)41-26-21(37)19(31)20(36)18(11-33)40-26/h12-26,32-38H,1-11,27-31H2/t12-,13?,14?,15+,16+,17-,18-,19+,20-,21-,22-,23+,24?,25-,26-/m1/s1. The average Bonchev–Trinajstić information content (AvgIpc) is 2.98. The van der Waals surface area contributed by atoms with Crippen LogP contribution >= 0.6 is 0 Å². The molecule has 0 amide bonds.